The van der Waals surface area contributed by atoms with Crippen LogP contribution in [0.15, 0.2) is 206 Å². The van der Waals surface area contributed by atoms with E-state index >= 15 is 0 Å². The second-order valence-electron chi connectivity index (χ2n) is 15.2. The summed E-state index contributed by atoms with van der Waals surface area (Å²) in [4.78, 5) is 10.7. The molecule has 0 aliphatic heterocycles. The predicted molar refractivity (Wildman–Crippen MR) is 246 cm³/mol. The lowest BCUT2D eigenvalue weighted by molar-refractivity contribution is 1.19. The van der Waals surface area contributed by atoms with Gasteiger partial charge in [0.15, 0.2) is 5.82 Å². The van der Waals surface area contributed by atoms with Crippen LogP contribution in [0.1, 0.15) is 0 Å². The number of hydrogen-bond acceptors (Lipinski definition) is 2. The van der Waals surface area contributed by atoms with Crippen molar-refractivity contribution in [3.8, 4) is 45.0 Å². The van der Waals surface area contributed by atoms with Gasteiger partial charge in [-0.1, -0.05) is 182 Å². The van der Waals surface area contributed by atoms with Gasteiger partial charge in [-0.05, 0) is 111 Å². The van der Waals surface area contributed by atoms with Crippen LogP contribution in [0, 0.1) is 0 Å². The lowest BCUT2D eigenvalue weighted by atomic mass is 9.88. The molecule has 0 spiro atoms. The Labute approximate surface area is 335 Å². The molecule has 12 rings (SSSR count). The van der Waals surface area contributed by atoms with Crippen molar-refractivity contribution in [2.24, 2.45) is 0 Å². The fraction of sp³-hybridized carbons (Fsp3) is 0. The van der Waals surface area contributed by atoms with Gasteiger partial charge < -0.3 is 0 Å². The molecule has 268 valence electrons. The Bertz CT molecular complexity index is 3620. The van der Waals surface area contributed by atoms with Crippen molar-refractivity contribution in [1.82, 2.24) is 9.97 Å². The SMILES string of the molecule is c1ccc(-c2nc(-c3cccc(-c4c5ccccc5cc5c4ccc4ccccc45)c3)cc(-c3cc4c5ccccc5c5ccccc5c4c4ccccc34)n2)cc1. The number of aromatic nitrogens is 2. The van der Waals surface area contributed by atoms with Crippen LogP contribution in [0.3, 0.4) is 0 Å². The maximum Gasteiger partial charge on any atom is 0.160 e. The molecule has 1 aromatic heterocycles. The van der Waals surface area contributed by atoms with Crippen molar-refractivity contribution in [3.05, 3.63) is 206 Å². The van der Waals surface area contributed by atoms with Crippen molar-refractivity contribution < 1.29 is 0 Å². The zero-order valence-electron chi connectivity index (χ0n) is 31.5. The van der Waals surface area contributed by atoms with Crippen LogP contribution >= 0.6 is 0 Å². The summed E-state index contributed by atoms with van der Waals surface area (Å²) in [5.74, 6) is 0.702. The van der Waals surface area contributed by atoms with Gasteiger partial charge in [0.05, 0.1) is 11.4 Å². The minimum Gasteiger partial charge on any atom is -0.228 e. The van der Waals surface area contributed by atoms with Crippen LogP contribution in [-0.4, -0.2) is 9.97 Å². The number of nitrogens with zero attached hydrogens (tertiary/aromatic N) is 2. The summed E-state index contributed by atoms with van der Waals surface area (Å²) >= 11 is 0. The normalized spacial score (nSPS) is 11.8. The van der Waals surface area contributed by atoms with Gasteiger partial charge in [0.25, 0.3) is 0 Å². The van der Waals surface area contributed by atoms with Crippen molar-refractivity contribution >= 4 is 75.4 Å². The summed E-state index contributed by atoms with van der Waals surface area (Å²) in [5.41, 5.74) is 7.28. The Balaban J connectivity index is 1.13. The van der Waals surface area contributed by atoms with Crippen LogP contribution in [0.5, 0.6) is 0 Å². The summed E-state index contributed by atoms with van der Waals surface area (Å²) < 4.78 is 0. The van der Waals surface area contributed by atoms with E-state index in [1.54, 1.807) is 0 Å². The largest absolute Gasteiger partial charge is 0.228 e. The van der Waals surface area contributed by atoms with Gasteiger partial charge >= 0.3 is 0 Å². The standard InChI is InChI=1S/C56H34N2/c1-2-16-36(17-3-1)56-57-52(38-19-14-20-39(31-38)54-41-22-7-5-18-37(41)32-49-40-21-6-4-15-35(40)29-30-48(49)54)34-53(58-56)50-33-51-44-25-9-8-23-42(44)43-24-10-12-27-46(43)55(51)47-28-13-11-26-45(47)50/h1-34H. The number of fused-ring (bicyclic) bond motifs is 12. The van der Waals surface area contributed by atoms with Crippen molar-refractivity contribution in [2.75, 3.05) is 0 Å². The van der Waals surface area contributed by atoms with E-state index in [2.05, 4.69) is 200 Å². The molecule has 0 amide bonds. The molecule has 0 saturated carbocycles. The second kappa shape index (κ2) is 12.9. The van der Waals surface area contributed by atoms with E-state index in [4.69, 9.17) is 9.97 Å². The molecule has 0 bridgehead atoms. The third kappa shape index (κ3) is 5.05. The highest BCUT2D eigenvalue weighted by atomic mass is 14.9. The van der Waals surface area contributed by atoms with Gasteiger partial charge in [0.1, 0.15) is 0 Å². The Hall–Kier alpha value is -7.68. The molecule has 0 aliphatic rings. The van der Waals surface area contributed by atoms with Crippen LogP contribution in [0.2, 0.25) is 0 Å². The molecule has 0 aliphatic carbocycles. The smallest absolute Gasteiger partial charge is 0.160 e. The summed E-state index contributed by atoms with van der Waals surface area (Å²) in [6, 6.07) is 74.6. The fourth-order valence-electron chi connectivity index (χ4n) is 9.39. The average molecular weight is 735 g/mol. The Morgan fingerprint density at radius 1 is 0.259 bits per heavy atom. The minimum atomic E-state index is 0.702. The van der Waals surface area contributed by atoms with Gasteiger partial charge in [0.2, 0.25) is 0 Å². The van der Waals surface area contributed by atoms with Gasteiger partial charge in [-0.2, -0.15) is 0 Å². The van der Waals surface area contributed by atoms with Gasteiger partial charge in [0, 0.05) is 16.7 Å². The monoisotopic (exact) mass is 734 g/mol. The Morgan fingerprint density at radius 3 is 1.59 bits per heavy atom. The molecule has 12 aromatic rings. The highest BCUT2D eigenvalue weighted by molar-refractivity contribution is 6.33. The van der Waals surface area contributed by atoms with Gasteiger partial charge in [-0.15, -0.1) is 0 Å². The van der Waals surface area contributed by atoms with Crippen LogP contribution in [0.4, 0.5) is 0 Å². The Morgan fingerprint density at radius 2 is 0.810 bits per heavy atom. The van der Waals surface area contributed by atoms with Crippen molar-refractivity contribution in [2.45, 2.75) is 0 Å². The zero-order chi connectivity index (χ0) is 38.2. The lowest BCUT2D eigenvalue weighted by Crippen LogP contribution is -1.97. The number of rotatable bonds is 4. The highest BCUT2D eigenvalue weighted by Gasteiger charge is 2.19. The molecule has 11 aromatic carbocycles. The topological polar surface area (TPSA) is 25.8 Å². The minimum absolute atomic E-state index is 0.702. The zero-order valence-corrected chi connectivity index (χ0v) is 31.5. The molecule has 0 unspecified atom stereocenters. The molecule has 0 radical (unpaired) electrons. The fourth-order valence-corrected chi connectivity index (χ4v) is 9.39. The molecule has 0 saturated heterocycles. The second-order valence-corrected chi connectivity index (χ2v) is 15.2. The number of hydrogen-bond donors (Lipinski definition) is 0. The molecule has 1 heterocycles. The third-order valence-electron chi connectivity index (χ3n) is 12.0. The molecule has 0 fully saturated rings. The van der Waals surface area contributed by atoms with Crippen molar-refractivity contribution in [3.63, 3.8) is 0 Å². The van der Waals surface area contributed by atoms with E-state index in [9.17, 15) is 0 Å². The Kier molecular flexibility index (Phi) is 7.26. The summed E-state index contributed by atoms with van der Waals surface area (Å²) in [6.07, 6.45) is 0. The van der Waals surface area contributed by atoms with E-state index in [1.165, 1.54) is 81.0 Å². The molecule has 0 N–H and O–H groups in total. The molecule has 2 nitrogen and oxygen atoms in total. The van der Waals surface area contributed by atoms with Crippen molar-refractivity contribution in [1.29, 1.82) is 0 Å². The third-order valence-corrected chi connectivity index (χ3v) is 12.0. The first-order valence-electron chi connectivity index (χ1n) is 19.9. The van der Waals surface area contributed by atoms with E-state index in [1.807, 2.05) is 6.07 Å². The summed E-state index contributed by atoms with van der Waals surface area (Å²) in [6.45, 7) is 0. The van der Waals surface area contributed by atoms with E-state index in [-0.39, 0.29) is 0 Å². The molecule has 2 heteroatoms. The maximum atomic E-state index is 5.38. The molecular formula is C56H34N2. The van der Waals surface area contributed by atoms with E-state index in [0.717, 1.165) is 33.6 Å². The maximum absolute atomic E-state index is 5.38. The quantitative estimate of drug-likeness (QED) is 0.133. The van der Waals surface area contributed by atoms with Gasteiger partial charge in [-0.3, -0.25) is 0 Å². The van der Waals surface area contributed by atoms with Gasteiger partial charge in [-0.25, -0.2) is 9.97 Å². The van der Waals surface area contributed by atoms with Crippen LogP contribution in [-0.2, 0) is 0 Å². The first kappa shape index (κ1) is 32.6. The van der Waals surface area contributed by atoms with E-state index in [0.29, 0.717) is 5.82 Å². The lowest BCUT2D eigenvalue weighted by Gasteiger charge is -2.17. The predicted octanol–water partition coefficient (Wildman–Crippen LogP) is 15.2. The highest BCUT2D eigenvalue weighted by Crippen LogP contribution is 2.44. The van der Waals surface area contributed by atoms with E-state index < -0.39 is 0 Å². The summed E-state index contributed by atoms with van der Waals surface area (Å²) in [7, 11) is 0. The van der Waals surface area contributed by atoms with Crippen LogP contribution in [0.25, 0.3) is 120 Å². The molecule has 0 atom stereocenters. The first-order chi connectivity index (χ1) is 28.8. The number of benzene rings is 11. The molecule has 58 heavy (non-hydrogen) atoms. The molecular weight excluding hydrogens is 701 g/mol. The first-order valence-corrected chi connectivity index (χ1v) is 19.9. The average Bonchev–Trinajstić information content (AvgIpc) is 3.30. The van der Waals surface area contributed by atoms with Crippen LogP contribution < -0.4 is 0 Å². The summed E-state index contributed by atoms with van der Waals surface area (Å²) in [5, 5.41) is 17.4.